The van der Waals surface area contributed by atoms with Gasteiger partial charge in [0.05, 0.1) is 22.5 Å². The van der Waals surface area contributed by atoms with Gasteiger partial charge in [0.25, 0.3) is 0 Å². The smallest absolute Gasteiger partial charge is 0.125 e. The van der Waals surface area contributed by atoms with E-state index in [1.165, 1.54) is 12.1 Å². The number of benzene rings is 1. The molecule has 0 unspecified atom stereocenters. The topological polar surface area (TPSA) is 68.3 Å². The van der Waals surface area contributed by atoms with E-state index in [4.69, 9.17) is 0 Å². The Morgan fingerprint density at radius 1 is 1.29 bits per heavy atom. The van der Waals surface area contributed by atoms with Crippen LogP contribution in [-0.4, -0.2) is 15.2 Å². The van der Waals surface area contributed by atoms with E-state index in [1.807, 2.05) is 0 Å². The number of nitriles is 1. The lowest BCUT2D eigenvalue weighted by molar-refractivity contribution is 0.629. The maximum atomic E-state index is 13.1. The molecule has 3 aromatic rings. The third-order valence-corrected chi connectivity index (χ3v) is 2.64. The van der Waals surface area contributed by atoms with Crippen LogP contribution >= 0.6 is 0 Å². The lowest BCUT2D eigenvalue weighted by Gasteiger charge is -1.92. The van der Waals surface area contributed by atoms with Crippen molar-refractivity contribution in [1.82, 2.24) is 15.2 Å². The Kier molecular flexibility index (Phi) is 1.95. The molecule has 17 heavy (non-hydrogen) atoms. The van der Waals surface area contributed by atoms with Gasteiger partial charge in [0.1, 0.15) is 11.9 Å². The van der Waals surface area contributed by atoms with Gasteiger partial charge in [-0.15, -0.1) is 0 Å². The SMILES string of the molecule is N#Cc1c(-c2ccn[nH]2)[nH]c2cc(F)ccc12. The Morgan fingerprint density at radius 2 is 2.18 bits per heavy atom. The first-order valence-corrected chi connectivity index (χ1v) is 5.00. The van der Waals surface area contributed by atoms with Crippen LogP contribution in [0.5, 0.6) is 0 Å². The molecular formula is C12H7FN4. The second-order valence-electron chi connectivity index (χ2n) is 3.65. The number of hydrogen-bond donors (Lipinski definition) is 2. The fourth-order valence-electron chi connectivity index (χ4n) is 1.88. The summed E-state index contributed by atoms with van der Waals surface area (Å²) in [5.74, 6) is -0.334. The molecule has 4 nitrogen and oxygen atoms in total. The predicted molar refractivity (Wildman–Crippen MR) is 60.6 cm³/mol. The zero-order valence-electron chi connectivity index (χ0n) is 8.66. The van der Waals surface area contributed by atoms with Gasteiger partial charge < -0.3 is 4.98 Å². The molecule has 5 heteroatoms. The van der Waals surface area contributed by atoms with Crippen molar-refractivity contribution < 1.29 is 4.39 Å². The van der Waals surface area contributed by atoms with Gasteiger partial charge in [-0.2, -0.15) is 10.4 Å². The van der Waals surface area contributed by atoms with Crippen molar-refractivity contribution in [2.24, 2.45) is 0 Å². The molecule has 0 atom stereocenters. The van der Waals surface area contributed by atoms with Gasteiger partial charge in [-0.1, -0.05) is 0 Å². The van der Waals surface area contributed by atoms with Crippen molar-refractivity contribution in [2.75, 3.05) is 0 Å². The van der Waals surface area contributed by atoms with Crippen LogP contribution in [0.1, 0.15) is 5.56 Å². The zero-order valence-corrected chi connectivity index (χ0v) is 8.66. The molecule has 3 rings (SSSR count). The number of nitrogens with one attached hydrogen (secondary N) is 2. The molecule has 82 valence electrons. The number of aromatic amines is 2. The average Bonchev–Trinajstić information content (AvgIpc) is 2.94. The van der Waals surface area contributed by atoms with E-state index in [0.29, 0.717) is 27.9 Å². The summed E-state index contributed by atoms with van der Waals surface area (Å²) in [6, 6.07) is 8.19. The molecule has 0 saturated carbocycles. The highest BCUT2D eigenvalue weighted by Crippen LogP contribution is 2.28. The second kappa shape index (κ2) is 3.46. The van der Waals surface area contributed by atoms with E-state index in [2.05, 4.69) is 21.3 Å². The van der Waals surface area contributed by atoms with Crippen LogP contribution in [0, 0.1) is 17.1 Å². The summed E-state index contributed by atoms with van der Waals surface area (Å²) in [5, 5.41) is 16.5. The molecule has 0 aliphatic heterocycles. The first-order valence-electron chi connectivity index (χ1n) is 5.00. The fraction of sp³-hybridized carbons (Fsp3) is 0. The molecule has 0 aliphatic rings. The molecule has 0 aliphatic carbocycles. The summed E-state index contributed by atoms with van der Waals surface area (Å²) in [6.45, 7) is 0. The first kappa shape index (κ1) is 9.60. The third kappa shape index (κ3) is 1.39. The van der Waals surface area contributed by atoms with Gasteiger partial charge in [0.15, 0.2) is 0 Å². The summed E-state index contributed by atoms with van der Waals surface area (Å²) in [4.78, 5) is 3.02. The molecule has 0 amide bonds. The van der Waals surface area contributed by atoms with E-state index in [-0.39, 0.29) is 5.82 Å². The molecule has 0 spiro atoms. The van der Waals surface area contributed by atoms with Crippen LogP contribution in [0.25, 0.3) is 22.3 Å². The minimum Gasteiger partial charge on any atom is -0.352 e. The number of halogens is 1. The highest BCUT2D eigenvalue weighted by Gasteiger charge is 2.13. The van der Waals surface area contributed by atoms with Crippen LogP contribution in [0.15, 0.2) is 30.5 Å². The van der Waals surface area contributed by atoms with Gasteiger partial charge in [-0.25, -0.2) is 4.39 Å². The number of fused-ring (bicyclic) bond motifs is 1. The summed E-state index contributed by atoms with van der Waals surface area (Å²) >= 11 is 0. The van der Waals surface area contributed by atoms with Crippen molar-refractivity contribution in [3.05, 3.63) is 41.8 Å². The van der Waals surface area contributed by atoms with Gasteiger partial charge in [-0.05, 0) is 24.3 Å². The lowest BCUT2D eigenvalue weighted by Crippen LogP contribution is -1.81. The van der Waals surface area contributed by atoms with Crippen molar-refractivity contribution >= 4 is 10.9 Å². The molecule has 0 radical (unpaired) electrons. The highest BCUT2D eigenvalue weighted by molar-refractivity contribution is 5.92. The molecule has 0 fully saturated rings. The van der Waals surface area contributed by atoms with Crippen LogP contribution in [-0.2, 0) is 0 Å². The van der Waals surface area contributed by atoms with Crippen LogP contribution in [0.3, 0.4) is 0 Å². The van der Waals surface area contributed by atoms with Crippen molar-refractivity contribution in [3.8, 4) is 17.5 Å². The molecule has 2 N–H and O–H groups in total. The number of aromatic nitrogens is 3. The lowest BCUT2D eigenvalue weighted by atomic mass is 10.1. The number of rotatable bonds is 1. The van der Waals surface area contributed by atoms with Crippen LogP contribution in [0.2, 0.25) is 0 Å². The van der Waals surface area contributed by atoms with E-state index >= 15 is 0 Å². The van der Waals surface area contributed by atoms with Gasteiger partial charge in [-0.3, -0.25) is 5.10 Å². The van der Waals surface area contributed by atoms with Gasteiger partial charge in [0.2, 0.25) is 0 Å². The maximum Gasteiger partial charge on any atom is 0.125 e. The number of H-pyrrole nitrogens is 2. The molecule has 0 bridgehead atoms. The van der Waals surface area contributed by atoms with E-state index < -0.39 is 0 Å². The third-order valence-electron chi connectivity index (χ3n) is 2.64. The Morgan fingerprint density at radius 3 is 2.88 bits per heavy atom. The Bertz CT molecular complexity index is 719. The van der Waals surface area contributed by atoms with Crippen molar-refractivity contribution in [3.63, 3.8) is 0 Å². The molecular weight excluding hydrogens is 219 g/mol. The Labute approximate surface area is 95.7 Å². The minimum absolute atomic E-state index is 0.334. The summed E-state index contributed by atoms with van der Waals surface area (Å²) < 4.78 is 13.1. The Hall–Kier alpha value is -2.61. The fourth-order valence-corrected chi connectivity index (χ4v) is 1.88. The standard InChI is InChI=1S/C12H7FN4/c13-7-1-2-8-9(6-14)12(16-11(8)5-7)10-3-4-15-17-10/h1-5,16H,(H,15,17). The zero-order chi connectivity index (χ0) is 11.8. The monoisotopic (exact) mass is 226 g/mol. The summed E-state index contributed by atoms with van der Waals surface area (Å²) in [7, 11) is 0. The molecule has 2 aromatic heterocycles. The minimum atomic E-state index is -0.334. The van der Waals surface area contributed by atoms with Crippen molar-refractivity contribution in [1.29, 1.82) is 5.26 Å². The number of nitrogens with zero attached hydrogens (tertiary/aromatic N) is 2. The normalized spacial score (nSPS) is 10.6. The van der Waals surface area contributed by atoms with E-state index in [1.54, 1.807) is 18.3 Å². The maximum absolute atomic E-state index is 13.1. The molecule has 2 heterocycles. The van der Waals surface area contributed by atoms with Crippen LogP contribution in [0.4, 0.5) is 4.39 Å². The second-order valence-corrected chi connectivity index (χ2v) is 3.65. The van der Waals surface area contributed by atoms with Gasteiger partial charge in [0, 0.05) is 11.6 Å². The van der Waals surface area contributed by atoms with E-state index in [0.717, 1.165) is 0 Å². The average molecular weight is 226 g/mol. The van der Waals surface area contributed by atoms with E-state index in [9.17, 15) is 9.65 Å². The van der Waals surface area contributed by atoms with Gasteiger partial charge >= 0.3 is 0 Å². The molecule has 0 saturated heterocycles. The first-order chi connectivity index (χ1) is 8.29. The Balaban J connectivity index is 2.37. The summed E-state index contributed by atoms with van der Waals surface area (Å²) in [5.41, 5.74) is 2.43. The quantitative estimate of drug-likeness (QED) is 0.669. The van der Waals surface area contributed by atoms with Crippen LogP contribution < -0.4 is 0 Å². The highest BCUT2D eigenvalue weighted by atomic mass is 19.1. The van der Waals surface area contributed by atoms with Crippen molar-refractivity contribution in [2.45, 2.75) is 0 Å². The summed E-state index contributed by atoms with van der Waals surface area (Å²) in [6.07, 6.45) is 1.60. The largest absolute Gasteiger partial charge is 0.352 e. The number of hydrogen-bond acceptors (Lipinski definition) is 2. The predicted octanol–water partition coefficient (Wildman–Crippen LogP) is 2.57. The molecule has 1 aromatic carbocycles.